The number of hydrogen-bond donors (Lipinski definition) is 0. The number of thioether (sulfide) groups is 1. The van der Waals surface area contributed by atoms with Gasteiger partial charge in [0.25, 0.3) is 17.0 Å². The minimum Gasteiger partial charge on any atom is -0.283 e. The normalized spacial score (nSPS) is 15.2. The quantitative estimate of drug-likeness (QED) is 0.207. The lowest BCUT2D eigenvalue weighted by atomic mass is 10.2. The van der Waals surface area contributed by atoms with Crippen LogP contribution in [0.5, 0.6) is 0 Å². The number of aromatic nitrogens is 4. The van der Waals surface area contributed by atoms with Crippen LogP contribution in [0.3, 0.4) is 0 Å². The van der Waals surface area contributed by atoms with Gasteiger partial charge in [-0.25, -0.2) is 19.3 Å². The summed E-state index contributed by atoms with van der Waals surface area (Å²) in [6.07, 6.45) is 1.58. The average molecular weight is 646 g/mol. The van der Waals surface area contributed by atoms with E-state index in [2.05, 4.69) is 0 Å². The second-order valence-corrected chi connectivity index (χ2v) is 11.9. The van der Waals surface area contributed by atoms with Gasteiger partial charge in [0.15, 0.2) is 10.9 Å². The van der Waals surface area contributed by atoms with Gasteiger partial charge < -0.3 is 0 Å². The molecule has 3 heterocycles. The summed E-state index contributed by atoms with van der Waals surface area (Å²) in [7, 11) is 3.51. The SMILES string of the molecule is Cc1c(N=C2S/C(=C/c3c(Cl)cccc3Cl)C(=O)N2c2c(C)n(C)n(-c3ccccc3)c2=O)c(=O)n(-c2ccccc2)n1C. The third-order valence-electron chi connectivity index (χ3n) is 7.56. The molecule has 0 aliphatic carbocycles. The number of aliphatic imine (C=N–C) groups is 1. The number of amides is 1. The lowest BCUT2D eigenvalue weighted by Gasteiger charge is -2.13. The van der Waals surface area contributed by atoms with Crippen molar-refractivity contribution in [2.24, 2.45) is 19.1 Å². The first-order chi connectivity index (χ1) is 21.1. The summed E-state index contributed by atoms with van der Waals surface area (Å²) >= 11 is 13.9. The number of rotatable bonds is 5. The van der Waals surface area contributed by atoms with Crippen LogP contribution in [0.2, 0.25) is 10.0 Å². The zero-order valence-corrected chi connectivity index (χ0v) is 26.5. The third-order valence-corrected chi connectivity index (χ3v) is 9.19. The first-order valence-corrected chi connectivity index (χ1v) is 15.1. The second-order valence-electron chi connectivity index (χ2n) is 10.1. The van der Waals surface area contributed by atoms with Crippen molar-refractivity contribution in [1.29, 1.82) is 0 Å². The molecule has 1 aliphatic heterocycles. The molecule has 3 aromatic carbocycles. The average Bonchev–Trinajstić information content (AvgIpc) is 3.52. The van der Waals surface area contributed by atoms with Crippen LogP contribution in [-0.4, -0.2) is 29.8 Å². The fourth-order valence-electron chi connectivity index (χ4n) is 5.12. The molecule has 222 valence electrons. The molecule has 6 rings (SSSR count). The van der Waals surface area contributed by atoms with Crippen molar-refractivity contribution in [3.8, 4) is 11.4 Å². The van der Waals surface area contributed by atoms with Gasteiger partial charge in [-0.15, -0.1) is 0 Å². The Bertz CT molecular complexity index is 2100. The van der Waals surface area contributed by atoms with Crippen molar-refractivity contribution in [2.45, 2.75) is 13.8 Å². The van der Waals surface area contributed by atoms with Crippen molar-refractivity contribution in [1.82, 2.24) is 18.7 Å². The van der Waals surface area contributed by atoms with E-state index >= 15 is 0 Å². The predicted octanol–water partition coefficient (Wildman–Crippen LogP) is 6.40. The highest BCUT2D eigenvalue weighted by atomic mass is 35.5. The van der Waals surface area contributed by atoms with E-state index in [1.807, 2.05) is 60.7 Å². The maximum atomic E-state index is 14.2. The third kappa shape index (κ3) is 4.85. The summed E-state index contributed by atoms with van der Waals surface area (Å²) in [6.45, 7) is 3.54. The Labute approximate surface area is 266 Å². The Hall–Kier alpha value is -4.51. The summed E-state index contributed by atoms with van der Waals surface area (Å²) in [5.41, 5.74) is 2.36. The fourth-order valence-corrected chi connectivity index (χ4v) is 6.58. The highest BCUT2D eigenvalue weighted by Crippen LogP contribution is 2.39. The number of hydrogen-bond acceptors (Lipinski definition) is 5. The van der Waals surface area contributed by atoms with E-state index in [1.54, 1.807) is 61.6 Å². The predicted molar refractivity (Wildman–Crippen MR) is 178 cm³/mol. The van der Waals surface area contributed by atoms with Crippen molar-refractivity contribution in [2.75, 3.05) is 4.90 Å². The van der Waals surface area contributed by atoms with E-state index in [0.717, 1.165) is 11.8 Å². The lowest BCUT2D eigenvalue weighted by molar-refractivity contribution is -0.113. The zero-order chi connectivity index (χ0) is 31.3. The van der Waals surface area contributed by atoms with E-state index in [1.165, 1.54) is 14.3 Å². The number of benzene rings is 3. The standard InChI is InChI=1S/C32H26Cl2N6O3S/c1-19-27(30(42)39(36(19)3)21-12-7-5-8-13-21)35-32-38(29(41)26(44-32)18-23-24(33)16-11-17-25(23)34)28-20(2)37(4)40(31(28)43)22-14-9-6-10-15-22/h5-18H,1-4H3/b26-18+,35-32?. The van der Waals surface area contributed by atoms with Crippen LogP contribution < -0.4 is 16.0 Å². The van der Waals surface area contributed by atoms with Crippen LogP contribution in [0.15, 0.2) is 98.3 Å². The van der Waals surface area contributed by atoms with Gasteiger partial charge in [-0.3, -0.25) is 23.7 Å². The molecule has 0 atom stereocenters. The molecule has 12 heteroatoms. The van der Waals surface area contributed by atoms with Gasteiger partial charge in [0.2, 0.25) is 0 Å². The summed E-state index contributed by atoms with van der Waals surface area (Å²) in [6, 6.07) is 23.4. The minimum atomic E-state index is -0.493. The Balaban J connectivity index is 1.58. The molecule has 1 amide bonds. The van der Waals surface area contributed by atoms with Gasteiger partial charge in [0, 0.05) is 29.7 Å². The van der Waals surface area contributed by atoms with E-state index < -0.39 is 11.5 Å². The van der Waals surface area contributed by atoms with Gasteiger partial charge in [0.05, 0.1) is 27.7 Å². The summed E-state index contributed by atoms with van der Waals surface area (Å²) < 4.78 is 6.39. The maximum absolute atomic E-state index is 14.2. The Morgan fingerprint density at radius 3 is 1.80 bits per heavy atom. The molecule has 1 aliphatic rings. The summed E-state index contributed by atoms with van der Waals surface area (Å²) in [4.78, 5) is 48.3. The monoisotopic (exact) mass is 644 g/mol. The second kappa shape index (κ2) is 11.5. The van der Waals surface area contributed by atoms with Crippen LogP contribution in [0.1, 0.15) is 17.0 Å². The first-order valence-electron chi connectivity index (χ1n) is 13.5. The molecule has 0 saturated carbocycles. The van der Waals surface area contributed by atoms with Crippen molar-refractivity contribution in [3.63, 3.8) is 0 Å². The van der Waals surface area contributed by atoms with E-state index in [0.29, 0.717) is 38.4 Å². The van der Waals surface area contributed by atoms with Crippen LogP contribution in [0, 0.1) is 13.8 Å². The highest BCUT2D eigenvalue weighted by molar-refractivity contribution is 8.19. The summed E-state index contributed by atoms with van der Waals surface area (Å²) in [5, 5.41) is 0.881. The number of carbonyl (C=O) groups is 1. The molecule has 1 fully saturated rings. The van der Waals surface area contributed by atoms with Crippen molar-refractivity contribution < 1.29 is 4.79 Å². The maximum Gasteiger partial charge on any atom is 0.297 e. The number of para-hydroxylation sites is 2. The molecule has 44 heavy (non-hydrogen) atoms. The molecule has 0 unspecified atom stereocenters. The van der Waals surface area contributed by atoms with Crippen LogP contribution >= 0.6 is 35.0 Å². The van der Waals surface area contributed by atoms with Crippen LogP contribution in [0.25, 0.3) is 17.5 Å². The highest BCUT2D eigenvalue weighted by Gasteiger charge is 2.39. The van der Waals surface area contributed by atoms with E-state index in [4.69, 9.17) is 28.2 Å². The van der Waals surface area contributed by atoms with Gasteiger partial charge in [-0.1, -0.05) is 65.7 Å². The molecule has 0 N–H and O–H groups in total. The molecular weight excluding hydrogens is 619 g/mol. The zero-order valence-electron chi connectivity index (χ0n) is 24.2. The van der Waals surface area contributed by atoms with Crippen LogP contribution in [0.4, 0.5) is 11.4 Å². The fraction of sp³-hybridized carbons (Fsp3) is 0.125. The van der Waals surface area contributed by atoms with Gasteiger partial charge in [0.1, 0.15) is 5.69 Å². The largest absolute Gasteiger partial charge is 0.297 e. The molecule has 0 radical (unpaired) electrons. The molecule has 1 saturated heterocycles. The molecule has 0 spiro atoms. The molecular formula is C32H26Cl2N6O3S. The molecule has 2 aromatic heterocycles. The van der Waals surface area contributed by atoms with Gasteiger partial charge in [-0.05, 0) is 68.1 Å². The Kier molecular flexibility index (Phi) is 7.75. The Morgan fingerprint density at radius 2 is 1.23 bits per heavy atom. The molecule has 9 nitrogen and oxygen atoms in total. The molecule has 0 bridgehead atoms. The molecule has 5 aromatic rings. The number of amidine groups is 1. The topological polar surface area (TPSA) is 86.5 Å². The van der Waals surface area contributed by atoms with E-state index in [-0.39, 0.29) is 27.0 Å². The number of anilines is 1. The first kappa shape index (κ1) is 29.6. The number of nitrogens with zero attached hydrogens (tertiary/aromatic N) is 6. The van der Waals surface area contributed by atoms with Crippen LogP contribution in [-0.2, 0) is 18.9 Å². The Morgan fingerprint density at radius 1 is 0.705 bits per heavy atom. The smallest absolute Gasteiger partial charge is 0.283 e. The minimum absolute atomic E-state index is 0.123. The van der Waals surface area contributed by atoms with Gasteiger partial charge >= 0.3 is 0 Å². The van der Waals surface area contributed by atoms with E-state index in [9.17, 15) is 14.4 Å². The van der Waals surface area contributed by atoms with Crippen molar-refractivity contribution in [3.05, 3.63) is 131 Å². The van der Waals surface area contributed by atoms with Gasteiger partial charge in [-0.2, -0.15) is 0 Å². The number of carbonyl (C=O) groups excluding carboxylic acids is 1. The van der Waals surface area contributed by atoms with Crippen molar-refractivity contribution >= 4 is 63.5 Å². The summed E-state index contributed by atoms with van der Waals surface area (Å²) in [5.74, 6) is -0.493. The number of halogens is 2. The lowest BCUT2D eigenvalue weighted by Crippen LogP contribution is -2.34.